The molecule has 0 aromatic heterocycles. The van der Waals surface area contributed by atoms with E-state index in [9.17, 15) is 28.9 Å². The Hall–Kier alpha value is -3.60. The van der Waals surface area contributed by atoms with Gasteiger partial charge in [0.2, 0.25) is 0 Å². The van der Waals surface area contributed by atoms with Crippen molar-refractivity contribution >= 4 is 25.7 Å². The first-order valence-electron chi connectivity index (χ1n) is 31.1. The number of hydrogen-bond acceptors (Lipinski definition) is 10. The van der Waals surface area contributed by atoms with Crippen LogP contribution in [0.15, 0.2) is 97.2 Å². The summed E-state index contributed by atoms with van der Waals surface area (Å²) >= 11 is 0. The van der Waals surface area contributed by atoms with E-state index >= 15 is 0 Å². The third-order valence-electron chi connectivity index (χ3n) is 13.0. The first kappa shape index (κ1) is 74.4. The van der Waals surface area contributed by atoms with Gasteiger partial charge in [-0.15, -0.1) is 0 Å². The molecule has 0 aromatic carbocycles. The molecule has 11 nitrogen and oxygen atoms in total. The summed E-state index contributed by atoms with van der Waals surface area (Å²) in [5, 5.41) is 9.84. The average molecular weight is 1110 g/mol. The average Bonchev–Trinajstić information content (AvgIpc) is 3.43. The second-order valence-corrected chi connectivity index (χ2v) is 21.9. The Morgan fingerprint density at radius 2 is 0.667 bits per heavy atom. The molecule has 3 unspecified atom stereocenters. The molecule has 0 aliphatic heterocycles. The van der Waals surface area contributed by atoms with Crippen molar-refractivity contribution in [2.24, 2.45) is 0 Å². The minimum atomic E-state index is -4.77. The molecule has 0 saturated heterocycles. The zero-order valence-corrected chi connectivity index (χ0v) is 50.5. The van der Waals surface area contributed by atoms with Crippen molar-refractivity contribution in [1.29, 1.82) is 0 Å². The highest BCUT2D eigenvalue weighted by atomic mass is 31.2. The van der Waals surface area contributed by atoms with Gasteiger partial charge in [-0.25, -0.2) is 4.57 Å². The van der Waals surface area contributed by atoms with Crippen molar-refractivity contribution in [2.75, 3.05) is 26.4 Å². The van der Waals surface area contributed by atoms with Crippen molar-refractivity contribution < 1.29 is 52.2 Å². The van der Waals surface area contributed by atoms with Crippen LogP contribution in [0.5, 0.6) is 0 Å². The van der Waals surface area contributed by atoms with Crippen LogP contribution in [0.25, 0.3) is 0 Å². The van der Waals surface area contributed by atoms with Crippen LogP contribution in [0.4, 0.5) is 0 Å². The number of aliphatic hydroxyl groups excluding tert-OH is 1. The maximum Gasteiger partial charge on any atom is 0.472 e. The third kappa shape index (κ3) is 57.1. The number of aliphatic hydroxyl groups is 1. The molecular formula is C66H113O11P. The summed E-state index contributed by atoms with van der Waals surface area (Å²) in [6.07, 6.45) is 70.7. The summed E-state index contributed by atoms with van der Waals surface area (Å²) in [6, 6.07) is 0. The normalized spacial score (nSPS) is 14.0. The molecule has 0 bridgehead atoms. The number of ether oxygens (including phenoxy) is 3. The van der Waals surface area contributed by atoms with Gasteiger partial charge in [-0.3, -0.25) is 23.4 Å². The molecule has 448 valence electrons. The SMILES string of the molecule is CC/C=C\C/C=C\C/C=C\C/C=C\CCCCCCC(=O)OC(CO)COP(=O)(O)OCC(COC(=O)CCCCCCCCCCCCCCCCCCC)OC(=O)CCCCCC/C=C\C/C=C\C/C=C\C/C=C\CC. The van der Waals surface area contributed by atoms with Crippen LogP contribution in [0, 0.1) is 0 Å². The van der Waals surface area contributed by atoms with Crippen molar-refractivity contribution in [1.82, 2.24) is 0 Å². The van der Waals surface area contributed by atoms with Crippen LogP contribution in [-0.4, -0.2) is 66.5 Å². The van der Waals surface area contributed by atoms with Crippen LogP contribution >= 0.6 is 7.82 Å². The Morgan fingerprint density at radius 1 is 0.372 bits per heavy atom. The first-order chi connectivity index (χ1) is 38.2. The number of carbonyl (C=O) groups excluding carboxylic acids is 3. The summed E-state index contributed by atoms with van der Waals surface area (Å²) in [4.78, 5) is 48.7. The predicted molar refractivity (Wildman–Crippen MR) is 325 cm³/mol. The lowest BCUT2D eigenvalue weighted by atomic mass is 10.0. The van der Waals surface area contributed by atoms with Gasteiger partial charge < -0.3 is 24.2 Å². The first-order valence-corrected chi connectivity index (χ1v) is 32.6. The number of unbranched alkanes of at least 4 members (excludes halogenated alkanes) is 24. The highest BCUT2D eigenvalue weighted by molar-refractivity contribution is 7.47. The largest absolute Gasteiger partial charge is 0.472 e. The molecule has 0 rings (SSSR count). The van der Waals surface area contributed by atoms with Gasteiger partial charge in [0.25, 0.3) is 0 Å². The van der Waals surface area contributed by atoms with Crippen LogP contribution in [0.3, 0.4) is 0 Å². The Morgan fingerprint density at radius 3 is 1.03 bits per heavy atom. The quantitative estimate of drug-likeness (QED) is 0.0197. The van der Waals surface area contributed by atoms with Gasteiger partial charge in [0.15, 0.2) is 6.10 Å². The van der Waals surface area contributed by atoms with Gasteiger partial charge in [0, 0.05) is 19.3 Å². The lowest BCUT2D eigenvalue weighted by Crippen LogP contribution is -2.30. The lowest BCUT2D eigenvalue weighted by molar-refractivity contribution is -0.161. The van der Waals surface area contributed by atoms with E-state index in [0.29, 0.717) is 19.3 Å². The number of esters is 3. The van der Waals surface area contributed by atoms with E-state index in [0.717, 1.165) is 122 Å². The van der Waals surface area contributed by atoms with Crippen molar-refractivity contribution in [3.8, 4) is 0 Å². The third-order valence-corrected chi connectivity index (χ3v) is 14.0. The molecule has 3 atom stereocenters. The van der Waals surface area contributed by atoms with Gasteiger partial charge >= 0.3 is 25.7 Å². The molecule has 0 fully saturated rings. The maximum absolute atomic E-state index is 12.9. The highest BCUT2D eigenvalue weighted by Crippen LogP contribution is 2.43. The fourth-order valence-corrected chi connectivity index (χ4v) is 9.12. The number of carbonyl (C=O) groups is 3. The summed E-state index contributed by atoms with van der Waals surface area (Å²) in [7, 11) is -4.77. The second kappa shape index (κ2) is 59.5. The van der Waals surface area contributed by atoms with Crippen LogP contribution in [-0.2, 0) is 42.2 Å². The Kier molecular flexibility index (Phi) is 56.8. The zero-order chi connectivity index (χ0) is 56.9. The minimum absolute atomic E-state index is 0.135. The van der Waals surface area contributed by atoms with E-state index in [2.05, 4.69) is 118 Å². The topological polar surface area (TPSA) is 155 Å². The predicted octanol–water partition coefficient (Wildman–Crippen LogP) is 18.8. The maximum atomic E-state index is 12.9. The Bertz CT molecular complexity index is 1680. The molecule has 12 heteroatoms. The number of allylic oxidation sites excluding steroid dienone is 16. The molecule has 0 saturated carbocycles. The standard InChI is InChI=1S/C66H113O11P/c1-4-7-10-13-16-19-22-25-28-31-34-37-40-43-46-49-52-55-64(68)73-59-63(77-66(70)57-54-51-48-45-42-39-36-33-30-27-24-21-18-15-12-9-6-3)61-75-78(71,72)74-60-62(58-67)76-65(69)56-53-50-47-44-41-38-35-32-29-26-23-20-17-14-11-8-5-2/h8-9,11-12,17-18,20-21,26-27,29-30,35-36,38-39,62-63,67H,4-7,10,13-16,19,22-25,28,31-34,37,40-61H2,1-3H3,(H,71,72)/b11-8-,12-9-,20-17-,21-18-,29-26-,30-27-,38-35-,39-36-. The van der Waals surface area contributed by atoms with Crippen LogP contribution < -0.4 is 0 Å². The zero-order valence-electron chi connectivity index (χ0n) is 49.6. The van der Waals surface area contributed by atoms with Gasteiger partial charge in [0.05, 0.1) is 19.8 Å². The summed E-state index contributed by atoms with van der Waals surface area (Å²) in [5.41, 5.74) is 0. The highest BCUT2D eigenvalue weighted by Gasteiger charge is 2.28. The van der Waals surface area contributed by atoms with E-state index in [1.165, 1.54) is 83.5 Å². The monoisotopic (exact) mass is 1110 g/mol. The van der Waals surface area contributed by atoms with E-state index in [1.807, 2.05) is 0 Å². The fourth-order valence-electron chi connectivity index (χ4n) is 8.34. The van der Waals surface area contributed by atoms with Gasteiger partial charge in [0.1, 0.15) is 12.7 Å². The van der Waals surface area contributed by atoms with Gasteiger partial charge in [-0.1, -0.05) is 246 Å². The molecule has 0 amide bonds. The number of phosphoric ester groups is 1. The van der Waals surface area contributed by atoms with Crippen LogP contribution in [0.2, 0.25) is 0 Å². The van der Waals surface area contributed by atoms with Crippen molar-refractivity contribution in [3.05, 3.63) is 97.2 Å². The minimum Gasteiger partial charge on any atom is -0.462 e. The Labute approximate surface area is 476 Å². The van der Waals surface area contributed by atoms with E-state index in [-0.39, 0.29) is 25.9 Å². The van der Waals surface area contributed by atoms with E-state index in [4.69, 9.17) is 23.3 Å². The number of phosphoric acid groups is 1. The van der Waals surface area contributed by atoms with Gasteiger partial charge in [-0.05, 0) is 96.3 Å². The smallest absolute Gasteiger partial charge is 0.462 e. The van der Waals surface area contributed by atoms with E-state index in [1.54, 1.807) is 0 Å². The molecule has 0 aliphatic carbocycles. The molecule has 0 spiro atoms. The molecular weight excluding hydrogens is 1000 g/mol. The van der Waals surface area contributed by atoms with Crippen molar-refractivity contribution in [2.45, 2.75) is 277 Å². The molecule has 78 heavy (non-hydrogen) atoms. The molecule has 0 radical (unpaired) electrons. The second-order valence-electron chi connectivity index (χ2n) is 20.5. The molecule has 0 aromatic rings. The summed E-state index contributed by atoms with van der Waals surface area (Å²) in [6.45, 7) is 4.39. The van der Waals surface area contributed by atoms with Crippen molar-refractivity contribution in [3.63, 3.8) is 0 Å². The Balaban J connectivity index is 4.76. The molecule has 0 aliphatic rings. The van der Waals surface area contributed by atoms with Crippen LogP contribution in [0.1, 0.15) is 265 Å². The number of rotatable bonds is 57. The summed E-state index contributed by atoms with van der Waals surface area (Å²) < 4.78 is 39.6. The summed E-state index contributed by atoms with van der Waals surface area (Å²) in [5.74, 6) is -1.51. The molecule has 2 N–H and O–H groups in total. The fraction of sp³-hybridized carbons (Fsp3) is 0.712. The van der Waals surface area contributed by atoms with Gasteiger partial charge in [-0.2, -0.15) is 0 Å². The lowest BCUT2D eigenvalue weighted by Gasteiger charge is -2.21. The number of hydrogen-bond donors (Lipinski definition) is 2. The molecule has 0 heterocycles. The van der Waals surface area contributed by atoms with E-state index < -0.39 is 57.8 Å².